The molecule has 35 heavy (non-hydrogen) atoms. The van der Waals surface area contributed by atoms with Gasteiger partial charge in [0.1, 0.15) is 23.0 Å². The van der Waals surface area contributed by atoms with Crippen molar-refractivity contribution in [3.63, 3.8) is 0 Å². The van der Waals surface area contributed by atoms with Gasteiger partial charge in [-0.2, -0.15) is 0 Å². The molecule has 0 fully saturated rings. The van der Waals surface area contributed by atoms with Gasteiger partial charge in [0, 0.05) is 6.07 Å². The lowest BCUT2D eigenvalue weighted by molar-refractivity contribution is -0.144. The molecule has 182 valence electrons. The summed E-state index contributed by atoms with van der Waals surface area (Å²) in [6.07, 6.45) is 2.14. The first kappa shape index (κ1) is 25.4. The van der Waals surface area contributed by atoms with E-state index in [0.717, 1.165) is 5.56 Å². The smallest absolute Gasteiger partial charge is 0.336 e. The summed E-state index contributed by atoms with van der Waals surface area (Å²) < 4.78 is 21.2. The molecule has 1 N–H and O–H groups in total. The van der Waals surface area contributed by atoms with E-state index in [9.17, 15) is 14.7 Å². The second-order valence-electron chi connectivity index (χ2n) is 7.91. The fourth-order valence-electron chi connectivity index (χ4n) is 3.52. The minimum Gasteiger partial charge on any atom is -0.497 e. The lowest BCUT2D eigenvalue weighted by Crippen LogP contribution is -2.14. The van der Waals surface area contributed by atoms with Crippen molar-refractivity contribution in [3.8, 4) is 23.0 Å². The van der Waals surface area contributed by atoms with E-state index in [1.54, 1.807) is 48.5 Å². The third kappa shape index (κ3) is 6.86. The first-order valence-corrected chi connectivity index (χ1v) is 11.0. The van der Waals surface area contributed by atoms with Crippen molar-refractivity contribution in [3.05, 3.63) is 83.4 Å². The molecule has 0 saturated heterocycles. The Morgan fingerprint density at radius 2 is 1.37 bits per heavy atom. The van der Waals surface area contributed by atoms with Crippen molar-refractivity contribution < 1.29 is 33.6 Å². The van der Waals surface area contributed by atoms with Crippen LogP contribution in [0.5, 0.6) is 23.0 Å². The molecule has 3 rings (SSSR count). The summed E-state index contributed by atoms with van der Waals surface area (Å²) in [5, 5.41) is 9.79. The lowest BCUT2D eigenvalue weighted by atomic mass is 10.0. The van der Waals surface area contributed by atoms with Crippen LogP contribution in [0.4, 0.5) is 0 Å². The first-order chi connectivity index (χ1) is 16.8. The standard InChI is InChI=1S/C28H28O7/c1-18(28(31)34-4)13-19-5-9-22(10-6-19)35-23-11-7-21(8-12-23)26(27(29)30)16-20-14-24(32-2)17-25(15-20)33-3/h5-12,14-18H,13H2,1-4H3,(H,29,30)/b26-16+. The highest BCUT2D eigenvalue weighted by atomic mass is 16.5. The van der Waals surface area contributed by atoms with Crippen LogP contribution in [0.15, 0.2) is 66.7 Å². The van der Waals surface area contributed by atoms with E-state index >= 15 is 0 Å². The zero-order chi connectivity index (χ0) is 25.4. The average molecular weight is 477 g/mol. The van der Waals surface area contributed by atoms with Gasteiger partial charge in [0.2, 0.25) is 0 Å². The number of methoxy groups -OCH3 is 3. The van der Waals surface area contributed by atoms with Crippen molar-refractivity contribution in [2.75, 3.05) is 21.3 Å². The largest absolute Gasteiger partial charge is 0.497 e. The summed E-state index contributed by atoms with van der Waals surface area (Å²) in [6, 6.07) is 19.5. The summed E-state index contributed by atoms with van der Waals surface area (Å²) in [5.41, 5.74) is 2.28. The lowest BCUT2D eigenvalue weighted by Gasteiger charge is -2.11. The number of hydrogen-bond acceptors (Lipinski definition) is 6. The minimum absolute atomic E-state index is 0.121. The summed E-state index contributed by atoms with van der Waals surface area (Å²) in [5.74, 6) is 0.795. The van der Waals surface area contributed by atoms with Gasteiger partial charge >= 0.3 is 11.9 Å². The zero-order valence-corrected chi connectivity index (χ0v) is 20.1. The highest BCUT2D eigenvalue weighted by molar-refractivity contribution is 6.20. The quantitative estimate of drug-likeness (QED) is 0.236. The fraction of sp³-hybridized carbons (Fsp3) is 0.214. The van der Waals surface area contributed by atoms with Crippen LogP contribution in [0.2, 0.25) is 0 Å². The third-order valence-electron chi connectivity index (χ3n) is 5.39. The van der Waals surface area contributed by atoms with E-state index in [2.05, 4.69) is 0 Å². The summed E-state index contributed by atoms with van der Waals surface area (Å²) in [6.45, 7) is 1.82. The second kappa shape index (κ2) is 11.7. The molecule has 0 radical (unpaired) electrons. The molecule has 3 aromatic carbocycles. The molecule has 0 bridgehead atoms. The van der Waals surface area contributed by atoms with Crippen LogP contribution in [-0.4, -0.2) is 38.4 Å². The predicted octanol–water partition coefficient (Wildman–Crippen LogP) is 5.47. The van der Waals surface area contributed by atoms with Gasteiger partial charge in [0.15, 0.2) is 0 Å². The maximum atomic E-state index is 12.0. The molecule has 0 aliphatic rings. The predicted molar refractivity (Wildman–Crippen MR) is 133 cm³/mol. The summed E-state index contributed by atoms with van der Waals surface area (Å²) in [4.78, 5) is 23.6. The fourth-order valence-corrected chi connectivity index (χ4v) is 3.52. The number of carbonyl (C=O) groups is 2. The van der Waals surface area contributed by atoms with Crippen molar-refractivity contribution in [1.29, 1.82) is 0 Å². The van der Waals surface area contributed by atoms with Crippen LogP contribution in [0.3, 0.4) is 0 Å². The number of esters is 1. The van der Waals surface area contributed by atoms with Crippen LogP contribution in [0, 0.1) is 5.92 Å². The number of ether oxygens (including phenoxy) is 4. The Labute approximate surface area is 204 Å². The number of hydrogen-bond donors (Lipinski definition) is 1. The molecule has 0 aliphatic heterocycles. The van der Waals surface area contributed by atoms with Crippen LogP contribution in [-0.2, 0) is 20.7 Å². The Balaban J connectivity index is 1.75. The van der Waals surface area contributed by atoms with Crippen LogP contribution < -0.4 is 14.2 Å². The molecule has 7 heteroatoms. The Morgan fingerprint density at radius 3 is 1.86 bits per heavy atom. The highest BCUT2D eigenvalue weighted by Crippen LogP contribution is 2.28. The maximum absolute atomic E-state index is 12.0. The topological polar surface area (TPSA) is 91.3 Å². The number of carboxylic acids is 1. The summed E-state index contributed by atoms with van der Waals surface area (Å²) in [7, 11) is 4.46. The number of aliphatic carboxylic acids is 1. The minimum atomic E-state index is -1.06. The van der Waals surface area contributed by atoms with E-state index in [-0.39, 0.29) is 17.5 Å². The molecule has 1 atom stereocenters. The number of rotatable bonds is 10. The Hall–Kier alpha value is -4.26. The van der Waals surface area contributed by atoms with Gasteiger partial charge in [-0.1, -0.05) is 31.2 Å². The van der Waals surface area contributed by atoms with E-state index < -0.39 is 5.97 Å². The molecule has 0 aromatic heterocycles. The molecule has 3 aromatic rings. The van der Waals surface area contributed by atoms with Gasteiger partial charge in [-0.3, -0.25) is 4.79 Å². The van der Waals surface area contributed by atoms with Crippen molar-refractivity contribution in [1.82, 2.24) is 0 Å². The van der Waals surface area contributed by atoms with Crippen molar-refractivity contribution in [2.45, 2.75) is 13.3 Å². The maximum Gasteiger partial charge on any atom is 0.336 e. The SMILES string of the molecule is COC(=O)C(C)Cc1ccc(Oc2ccc(/C(=C\c3cc(OC)cc(OC)c3)C(=O)O)cc2)cc1. The molecule has 1 unspecified atom stereocenters. The van der Waals surface area contributed by atoms with Gasteiger partial charge in [-0.25, -0.2) is 4.79 Å². The third-order valence-corrected chi connectivity index (χ3v) is 5.39. The molecular weight excluding hydrogens is 448 g/mol. The van der Waals surface area contributed by atoms with Gasteiger partial charge in [-0.15, -0.1) is 0 Å². The van der Waals surface area contributed by atoms with E-state index in [1.807, 2.05) is 31.2 Å². The molecule has 0 spiro atoms. The monoisotopic (exact) mass is 476 g/mol. The number of carboxylic acid groups (broad SMARTS) is 1. The van der Waals surface area contributed by atoms with Gasteiger partial charge < -0.3 is 24.1 Å². The van der Waals surface area contributed by atoms with Crippen LogP contribution in [0.1, 0.15) is 23.6 Å². The number of benzene rings is 3. The van der Waals surface area contributed by atoms with Crippen molar-refractivity contribution >= 4 is 23.6 Å². The van der Waals surface area contributed by atoms with E-state index in [0.29, 0.717) is 40.5 Å². The average Bonchev–Trinajstić information content (AvgIpc) is 2.88. The van der Waals surface area contributed by atoms with E-state index in [1.165, 1.54) is 21.3 Å². The van der Waals surface area contributed by atoms with Crippen molar-refractivity contribution in [2.24, 2.45) is 5.92 Å². The first-order valence-electron chi connectivity index (χ1n) is 11.0. The number of carbonyl (C=O) groups excluding carboxylic acids is 1. The van der Waals surface area contributed by atoms with Crippen LogP contribution >= 0.6 is 0 Å². The van der Waals surface area contributed by atoms with E-state index in [4.69, 9.17) is 18.9 Å². The second-order valence-corrected chi connectivity index (χ2v) is 7.91. The molecule has 0 heterocycles. The molecule has 0 aliphatic carbocycles. The summed E-state index contributed by atoms with van der Waals surface area (Å²) >= 11 is 0. The Kier molecular flexibility index (Phi) is 8.51. The van der Waals surface area contributed by atoms with Gasteiger partial charge in [0.25, 0.3) is 0 Å². The normalized spacial score (nSPS) is 11.9. The molecule has 0 saturated carbocycles. The molecule has 0 amide bonds. The highest BCUT2D eigenvalue weighted by Gasteiger charge is 2.14. The van der Waals surface area contributed by atoms with Gasteiger partial charge in [0.05, 0.1) is 32.8 Å². The molecule has 7 nitrogen and oxygen atoms in total. The Bertz CT molecular complexity index is 1170. The van der Waals surface area contributed by atoms with Gasteiger partial charge in [-0.05, 0) is 65.6 Å². The van der Waals surface area contributed by atoms with Crippen LogP contribution in [0.25, 0.3) is 11.6 Å². The molecular formula is C28H28O7. The Morgan fingerprint density at radius 1 is 0.829 bits per heavy atom. The zero-order valence-electron chi connectivity index (χ0n) is 20.1.